The van der Waals surface area contributed by atoms with E-state index in [1.807, 2.05) is 84.9 Å². The molecule has 3 aromatic rings. The third-order valence-corrected chi connectivity index (χ3v) is 8.42. The fourth-order valence-corrected chi connectivity index (χ4v) is 5.86. The van der Waals surface area contributed by atoms with Crippen LogP contribution >= 0.6 is 0 Å². The van der Waals surface area contributed by atoms with Crippen molar-refractivity contribution in [1.29, 1.82) is 0 Å². The number of hydrogen-bond donors (Lipinski definition) is 1. The van der Waals surface area contributed by atoms with E-state index in [0.717, 1.165) is 32.1 Å². The number of carbonyl (C=O) groups is 2. The summed E-state index contributed by atoms with van der Waals surface area (Å²) in [6.45, 7) is 14.6. The van der Waals surface area contributed by atoms with Crippen molar-refractivity contribution in [3.05, 3.63) is 94.5 Å². The Balaban J connectivity index is 2.07. The van der Waals surface area contributed by atoms with Crippen LogP contribution in [-0.4, -0.2) is 43.3 Å². The monoisotopic (exact) mass is 563 g/mol. The molecule has 0 fully saturated rings. The van der Waals surface area contributed by atoms with Gasteiger partial charge in [-0.25, -0.2) is 8.42 Å². The van der Waals surface area contributed by atoms with Crippen molar-refractivity contribution < 1.29 is 18.0 Å². The fraction of sp³-hybridized carbons (Fsp3) is 0.375. The molecule has 0 spiro atoms. The third kappa shape index (κ3) is 7.72. The molecule has 3 rings (SSSR count). The molecule has 0 aliphatic carbocycles. The van der Waals surface area contributed by atoms with Crippen LogP contribution in [0.3, 0.4) is 0 Å². The summed E-state index contributed by atoms with van der Waals surface area (Å²) in [5.41, 5.74) is 4.47. The predicted molar refractivity (Wildman–Crippen MR) is 161 cm³/mol. The molecule has 8 heteroatoms. The maximum absolute atomic E-state index is 14.1. The summed E-state index contributed by atoms with van der Waals surface area (Å²) < 4.78 is 29.2. The van der Waals surface area contributed by atoms with Crippen molar-refractivity contribution in [3.8, 4) is 0 Å². The number of hydrogen-bond acceptors (Lipinski definition) is 4. The Morgan fingerprint density at radius 2 is 1.35 bits per heavy atom. The van der Waals surface area contributed by atoms with Crippen molar-refractivity contribution in [3.63, 3.8) is 0 Å². The summed E-state index contributed by atoms with van der Waals surface area (Å²) in [5, 5.41) is 2.95. The maximum atomic E-state index is 14.1. The molecule has 0 aliphatic heterocycles. The maximum Gasteiger partial charge on any atom is 0.264 e. The first-order valence-electron chi connectivity index (χ1n) is 13.4. The van der Waals surface area contributed by atoms with E-state index < -0.39 is 34.1 Å². The van der Waals surface area contributed by atoms with E-state index in [0.29, 0.717) is 5.69 Å². The van der Waals surface area contributed by atoms with Crippen LogP contribution < -0.4 is 9.62 Å². The first kappa shape index (κ1) is 30.9. The fourth-order valence-electron chi connectivity index (χ4n) is 4.38. The van der Waals surface area contributed by atoms with Gasteiger partial charge in [-0.3, -0.25) is 13.9 Å². The normalized spacial score (nSPS) is 12.5. The van der Waals surface area contributed by atoms with Crippen molar-refractivity contribution in [2.24, 2.45) is 0 Å². The van der Waals surface area contributed by atoms with Crippen LogP contribution in [0.15, 0.2) is 71.6 Å². The van der Waals surface area contributed by atoms with Crippen LogP contribution in [0, 0.1) is 27.7 Å². The number of nitrogens with zero attached hydrogens (tertiary/aromatic N) is 2. The summed E-state index contributed by atoms with van der Waals surface area (Å²) in [4.78, 5) is 28.8. The molecule has 0 bridgehead atoms. The van der Waals surface area contributed by atoms with Gasteiger partial charge < -0.3 is 10.2 Å². The molecular weight excluding hydrogens is 522 g/mol. The van der Waals surface area contributed by atoms with Gasteiger partial charge in [-0.2, -0.15) is 0 Å². The lowest BCUT2D eigenvalue weighted by Gasteiger charge is -2.34. The topological polar surface area (TPSA) is 86.8 Å². The lowest BCUT2D eigenvalue weighted by molar-refractivity contribution is -0.140. The van der Waals surface area contributed by atoms with E-state index in [9.17, 15) is 18.0 Å². The number of carbonyl (C=O) groups excluding carboxylic acids is 2. The molecule has 2 amide bonds. The Labute approximate surface area is 239 Å². The highest BCUT2D eigenvalue weighted by atomic mass is 32.2. The molecule has 0 heterocycles. The van der Waals surface area contributed by atoms with E-state index in [1.54, 1.807) is 37.3 Å². The van der Waals surface area contributed by atoms with E-state index in [1.165, 1.54) is 4.90 Å². The van der Waals surface area contributed by atoms with Gasteiger partial charge in [0.25, 0.3) is 10.0 Å². The number of sulfonamides is 1. The standard InChI is InChI=1S/C32H41N3O4S/c1-22-9-14-27(15-10-22)20-34(26(5)31(37)33-32(6,7)8)30(36)21-35(29-18-13-24(3)19-25(29)4)40(38,39)28-16-11-23(2)12-17-28/h9-19,26H,20-21H2,1-8H3,(H,33,37). The minimum atomic E-state index is -4.10. The highest BCUT2D eigenvalue weighted by Gasteiger charge is 2.33. The minimum absolute atomic E-state index is 0.0921. The van der Waals surface area contributed by atoms with E-state index in [2.05, 4.69) is 5.32 Å². The van der Waals surface area contributed by atoms with Crippen LogP contribution in [0.2, 0.25) is 0 Å². The molecule has 40 heavy (non-hydrogen) atoms. The zero-order valence-electron chi connectivity index (χ0n) is 24.8. The summed E-state index contributed by atoms with van der Waals surface area (Å²) in [7, 11) is -4.10. The Morgan fingerprint density at radius 1 is 0.825 bits per heavy atom. The van der Waals surface area contributed by atoms with Gasteiger partial charge in [-0.1, -0.05) is 65.2 Å². The van der Waals surface area contributed by atoms with E-state index in [-0.39, 0.29) is 17.3 Å². The van der Waals surface area contributed by atoms with E-state index in [4.69, 9.17) is 0 Å². The molecule has 1 atom stereocenters. The highest BCUT2D eigenvalue weighted by molar-refractivity contribution is 7.92. The molecule has 1 unspecified atom stereocenters. The predicted octanol–water partition coefficient (Wildman–Crippen LogP) is 5.45. The average molecular weight is 564 g/mol. The largest absolute Gasteiger partial charge is 0.350 e. The van der Waals surface area contributed by atoms with Gasteiger partial charge in [0.05, 0.1) is 10.6 Å². The number of nitrogens with one attached hydrogen (secondary N) is 1. The molecule has 0 aliphatic rings. The van der Waals surface area contributed by atoms with Crippen molar-refractivity contribution in [1.82, 2.24) is 10.2 Å². The number of anilines is 1. The molecule has 3 aromatic carbocycles. The van der Waals surface area contributed by atoms with Gasteiger partial charge in [0.1, 0.15) is 12.6 Å². The van der Waals surface area contributed by atoms with Crippen LogP contribution in [-0.2, 0) is 26.2 Å². The number of amides is 2. The zero-order valence-corrected chi connectivity index (χ0v) is 25.6. The molecule has 214 valence electrons. The Kier molecular flexibility index (Phi) is 9.46. The summed E-state index contributed by atoms with van der Waals surface area (Å²) in [5.74, 6) is -0.791. The average Bonchev–Trinajstić information content (AvgIpc) is 2.86. The van der Waals surface area contributed by atoms with Gasteiger partial charge >= 0.3 is 0 Å². The van der Waals surface area contributed by atoms with Gasteiger partial charge in [0.15, 0.2) is 0 Å². The lowest BCUT2D eigenvalue weighted by Crippen LogP contribution is -2.54. The van der Waals surface area contributed by atoms with Crippen molar-refractivity contribution in [2.45, 2.75) is 78.4 Å². The van der Waals surface area contributed by atoms with Gasteiger partial charge in [0, 0.05) is 12.1 Å². The van der Waals surface area contributed by atoms with Crippen LogP contribution in [0.1, 0.15) is 55.5 Å². The first-order chi connectivity index (χ1) is 18.6. The Bertz CT molecular complexity index is 1460. The molecule has 0 radical (unpaired) electrons. The van der Waals surface area contributed by atoms with Crippen LogP contribution in [0.4, 0.5) is 5.69 Å². The molecular formula is C32H41N3O4S. The Hall–Kier alpha value is -3.65. The SMILES string of the molecule is Cc1ccc(CN(C(=O)CN(c2ccc(C)cc2C)S(=O)(=O)c2ccc(C)cc2)C(C)C(=O)NC(C)(C)C)cc1. The lowest BCUT2D eigenvalue weighted by atomic mass is 10.1. The third-order valence-electron chi connectivity index (χ3n) is 6.65. The molecule has 1 N–H and O–H groups in total. The van der Waals surface area contributed by atoms with Gasteiger partial charge in [0.2, 0.25) is 11.8 Å². The molecule has 0 saturated carbocycles. The highest BCUT2D eigenvalue weighted by Crippen LogP contribution is 2.28. The van der Waals surface area contributed by atoms with E-state index >= 15 is 0 Å². The number of rotatable bonds is 9. The van der Waals surface area contributed by atoms with Gasteiger partial charge in [-0.05, 0) is 84.7 Å². The quantitative estimate of drug-likeness (QED) is 0.375. The van der Waals surface area contributed by atoms with Crippen LogP contribution in [0.25, 0.3) is 0 Å². The zero-order chi connectivity index (χ0) is 29.8. The van der Waals surface area contributed by atoms with Crippen molar-refractivity contribution >= 4 is 27.5 Å². The Morgan fingerprint density at radius 3 is 1.88 bits per heavy atom. The second-order valence-corrected chi connectivity index (χ2v) is 13.4. The molecule has 7 nitrogen and oxygen atoms in total. The summed E-state index contributed by atoms with van der Waals surface area (Å²) >= 11 is 0. The smallest absolute Gasteiger partial charge is 0.264 e. The van der Waals surface area contributed by atoms with Crippen LogP contribution in [0.5, 0.6) is 0 Å². The molecule has 0 aromatic heterocycles. The summed E-state index contributed by atoms with van der Waals surface area (Å²) in [6, 6.07) is 18.9. The second-order valence-electron chi connectivity index (χ2n) is 11.5. The minimum Gasteiger partial charge on any atom is -0.350 e. The second kappa shape index (κ2) is 12.3. The summed E-state index contributed by atoms with van der Waals surface area (Å²) in [6.07, 6.45) is 0. The molecule has 0 saturated heterocycles. The number of benzene rings is 3. The van der Waals surface area contributed by atoms with Gasteiger partial charge in [-0.15, -0.1) is 0 Å². The first-order valence-corrected chi connectivity index (χ1v) is 14.9. The van der Waals surface area contributed by atoms with Crippen molar-refractivity contribution in [2.75, 3.05) is 10.8 Å². The number of aryl methyl sites for hydroxylation is 4.